The Hall–Kier alpha value is -1.90. The van der Waals surface area contributed by atoms with Crippen LogP contribution in [0.5, 0.6) is 0 Å². The Morgan fingerprint density at radius 3 is 2.52 bits per heavy atom. The fraction of sp³-hybridized carbons (Fsp3) is 0.579. The zero-order chi connectivity index (χ0) is 19.7. The molecule has 2 N–H and O–H groups in total. The van der Waals surface area contributed by atoms with Crippen LogP contribution in [-0.4, -0.2) is 59.3 Å². The molecule has 0 radical (unpaired) electrons. The molecule has 1 fully saturated rings. The maximum atomic E-state index is 13.5. The third kappa shape index (κ3) is 3.74. The average Bonchev–Trinajstić information content (AvgIpc) is 3.01. The van der Waals surface area contributed by atoms with Crippen LogP contribution < -0.4 is 5.46 Å². The maximum absolute atomic E-state index is 13.5. The Kier molecular flexibility index (Phi) is 5.88. The maximum Gasteiger partial charge on any atom is 0.492 e. The first-order valence-corrected chi connectivity index (χ1v) is 9.38. The second-order valence-corrected chi connectivity index (χ2v) is 7.56. The highest BCUT2D eigenvalue weighted by Crippen LogP contribution is 2.26. The zero-order valence-corrected chi connectivity index (χ0v) is 16.0. The van der Waals surface area contributed by atoms with Crippen molar-refractivity contribution in [3.63, 3.8) is 0 Å². The summed E-state index contributed by atoms with van der Waals surface area (Å²) < 4.78 is 10.7. The number of carboxylic acid groups (broad SMARTS) is 1. The first-order valence-electron chi connectivity index (χ1n) is 9.38. The van der Waals surface area contributed by atoms with Crippen molar-refractivity contribution in [2.75, 3.05) is 13.2 Å². The van der Waals surface area contributed by atoms with Gasteiger partial charge in [-0.15, -0.1) is 0 Å². The van der Waals surface area contributed by atoms with Crippen LogP contribution in [0.15, 0.2) is 12.1 Å². The normalized spacial score (nSPS) is 18.5. The van der Waals surface area contributed by atoms with E-state index in [-0.39, 0.29) is 17.9 Å². The van der Waals surface area contributed by atoms with E-state index >= 15 is 0 Å². The largest absolute Gasteiger partial charge is 0.492 e. The van der Waals surface area contributed by atoms with Crippen LogP contribution >= 0.6 is 0 Å². The molecule has 1 aromatic rings. The predicted molar refractivity (Wildman–Crippen MR) is 99.8 cm³/mol. The lowest BCUT2D eigenvalue weighted by molar-refractivity contribution is -0.145. The van der Waals surface area contributed by atoms with Gasteiger partial charge in [0.05, 0.1) is 6.61 Å². The number of carbonyl (C=O) groups is 2. The standard InChI is InChI=1S/C19H26BNO6/c1-11(2)17(19(23)24)21(14-6-8-26-9-7-14)18(22)15-5-4-13-10-27-20(25)16(13)12(15)3/h4-5,11,14,17,25H,6-10H2,1-3H3,(H,23,24)/t17-/m0/s1. The molecule has 2 heterocycles. The molecule has 27 heavy (non-hydrogen) atoms. The summed E-state index contributed by atoms with van der Waals surface area (Å²) in [6.07, 6.45) is 1.22. The van der Waals surface area contributed by atoms with Crippen LogP contribution in [0.4, 0.5) is 0 Å². The summed E-state index contributed by atoms with van der Waals surface area (Å²) in [5.74, 6) is -1.56. The molecule has 7 nitrogen and oxygen atoms in total. The van der Waals surface area contributed by atoms with Crippen molar-refractivity contribution in [3.05, 3.63) is 28.8 Å². The minimum atomic E-state index is -1.05. The van der Waals surface area contributed by atoms with E-state index in [2.05, 4.69) is 0 Å². The molecule has 1 aromatic carbocycles. The molecule has 0 unspecified atom stereocenters. The number of fused-ring (bicyclic) bond motifs is 1. The molecule has 0 saturated carbocycles. The van der Waals surface area contributed by atoms with E-state index in [1.54, 1.807) is 19.1 Å². The average molecular weight is 375 g/mol. The van der Waals surface area contributed by atoms with Crippen molar-refractivity contribution in [1.29, 1.82) is 0 Å². The van der Waals surface area contributed by atoms with Gasteiger partial charge in [0, 0.05) is 24.8 Å². The van der Waals surface area contributed by atoms with E-state index in [0.717, 1.165) is 5.56 Å². The van der Waals surface area contributed by atoms with E-state index in [1.807, 2.05) is 13.8 Å². The molecule has 1 saturated heterocycles. The second kappa shape index (κ2) is 8.00. The number of aliphatic carboxylic acids is 1. The number of rotatable bonds is 5. The van der Waals surface area contributed by atoms with Gasteiger partial charge in [-0.25, -0.2) is 4.79 Å². The minimum Gasteiger partial charge on any atom is -0.480 e. The highest BCUT2D eigenvalue weighted by molar-refractivity contribution is 6.62. The number of nitrogens with zero attached hydrogens (tertiary/aromatic N) is 1. The third-order valence-electron chi connectivity index (χ3n) is 5.48. The fourth-order valence-electron chi connectivity index (χ4n) is 4.09. The number of amides is 1. The SMILES string of the molecule is Cc1c(C(=O)N(C2CCOCC2)[C@H](C(=O)O)C(C)C)ccc2c1B(O)OC2. The highest BCUT2D eigenvalue weighted by atomic mass is 16.5. The van der Waals surface area contributed by atoms with Gasteiger partial charge < -0.3 is 24.4 Å². The van der Waals surface area contributed by atoms with Crippen LogP contribution in [0.1, 0.15) is 48.2 Å². The molecule has 146 valence electrons. The van der Waals surface area contributed by atoms with Crippen LogP contribution in [0.25, 0.3) is 0 Å². The van der Waals surface area contributed by atoms with Gasteiger partial charge in [-0.2, -0.15) is 0 Å². The van der Waals surface area contributed by atoms with E-state index in [0.29, 0.717) is 49.3 Å². The highest BCUT2D eigenvalue weighted by Gasteiger charge is 2.40. The van der Waals surface area contributed by atoms with Crippen molar-refractivity contribution in [2.24, 2.45) is 5.92 Å². The molecule has 2 aliphatic heterocycles. The quantitative estimate of drug-likeness (QED) is 0.744. The van der Waals surface area contributed by atoms with Crippen molar-refractivity contribution >= 4 is 24.5 Å². The molecule has 0 bridgehead atoms. The first-order chi connectivity index (χ1) is 12.8. The van der Waals surface area contributed by atoms with Gasteiger partial charge in [-0.1, -0.05) is 19.9 Å². The molecule has 2 aliphatic rings. The summed E-state index contributed by atoms with van der Waals surface area (Å²) in [7, 11) is -1.05. The number of benzene rings is 1. The summed E-state index contributed by atoms with van der Waals surface area (Å²) in [6, 6.07) is 2.38. The Morgan fingerprint density at radius 2 is 1.93 bits per heavy atom. The van der Waals surface area contributed by atoms with E-state index in [1.165, 1.54) is 4.90 Å². The van der Waals surface area contributed by atoms with Gasteiger partial charge in [-0.05, 0) is 48.3 Å². The van der Waals surface area contributed by atoms with Crippen LogP contribution in [0, 0.1) is 12.8 Å². The molecule has 0 spiro atoms. The Bertz CT molecular complexity index is 731. The van der Waals surface area contributed by atoms with Crippen molar-refractivity contribution in [3.8, 4) is 0 Å². The van der Waals surface area contributed by atoms with E-state index in [9.17, 15) is 19.7 Å². The molecular weight excluding hydrogens is 349 g/mol. The van der Waals surface area contributed by atoms with Gasteiger partial charge in [0.25, 0.3) is 5.91 Å². The molecule has 1 amide bonds. The summed E-state index contributed by atoms with van der Waals surface area (Å²) >= 11 is 0. The van der Waals surface area contributed by atoms with Gasteiger partial charge in [0.15, 0.2) is 0 Å². The number of carbonyl (C=O) groups excluding carboxylic acids is 1. The van der Waals surface area contributed by atoms with Gasteiger partial charge in [-0.3, -0.25) is 4.79 Å². The fourth-order valence-corrected chi connectivity index (χ4v) is 4.09. The van der Waals surface area contributed by atoms with Crippen molar-refractivity contribution in [1.82, 2.24) is 4.90 Å². The first kappa shape index (κ1) is 19.9. The van der Waals surface area contributed by atoms with E-state index < -0.39 is 19.1 Å². The molecule has 8 heteroatoms. The summed E-state index contributed by atoms with van der Waals surface area (Å²) in [6.45, 7) is 6.72. The summed E-state index contributed by atoms with van der Waals surface area (Å²) in [5, 5.41) is 19.9. The second-order valence-electron chi connectivity index (χ2n) is 7.56. The third-order valence-corrected chi connectivity index (χ3v) is 5.48. The molecule has 0 aromatic heterocycles. The van der Waals surface area contributed by atoms with Gasteiger partial charge >= 0.3 is 13.1 Å². The number of carboxylic acids is 1. The molecule has 3 rings (SSSR count). The predicted octanol–water partition coefficient (Wildman–Crippen LogP) is 0.943. The minimum absolute atomic E-state index is 0.191. The van der Waals surface area contributed by atoms with E-state index in [4.69, 9.17) is 9.39 Å². The number of ether oxygens (including phenoxy) is 1. The molecule has 0 aliphatic carbocycles. The Labute approximate surface area is 159 Å². The lowest BCUT2D eigenvalue weighted by Crippen LogP contribution is -2.54. The van der Waals surface area contributed by atoms with Crippen LogP contribution in [0.2, 0.25) is 0 Å². The molecule has 1 atom stereocenters. The molecular formula is C19H26BNO6. The summed E-state index contributed by atoms with van der Waals surface area (Å²) in [4.78, 5) is 27.0. The van der Waals surface area contributed by atoms with Crippen LogP contribution in [0.3, 0.4) is 0 Å². The Morgan fingerprint density at radius 1 is 1.26 bits per heavy atom. The Balaban J connectivity index is 2.03. The topological polar surface area (TPSA) is 96.3 Å². The van der Waals surface area contributed by atoms with Crippen molar-refractivity contribution in [2.45, 2.75) is 52.3 Å². The zero-order valence-electron chi connectivity index (χ0n) is 16.0. The lowest BCUT2D eigenvalue weighted by Gasteiger charge is -2.40. The van der Waals surface area contributed by atoms with Crippen LogP contribution in [-0.2, 0) is 20.8 Å². The summed E-state index contributed by atoms with van der Waals surface area (Å²) in [5.41, 5.74) is 2.53. The smallest absolute Gasteiger partial charge is 0.480 e. The number of hydrogen-bond acceptors (Lipinski definition) is 5. The number of hydrogen-bond donors (Lipinski definition) is 2. The lowest BCUT2D eigenvalue weighted by atomic mass is 9.75. The monoisotopic (exact) mass is 375 g/mol. The van der Waals surface area contributed by atoms with Crippen molar-refractivity contribution < 1.29 is 29.1 Å². The van der Waals surface area contributed by atoms with Gasteiger partial charge in [0.2, 0.25) is 0 Å². The van der Waals surface area contributed by atoms with Gasteiger partial charge in [0.1, 0.15) is 6.04 Å².